The van der Waals surface area contributed by atoms with Gasteiger partial charge in [0.05, 0.1) is 10.7 Å². The smallest absolute Gasteiger partial charge is 0.191 e. The maximum absolute atomic E-state index is 5.56. The zero-order valence-electron chi connectivity index (χ0n) is 16.2. The molecule has 1 aromatic heterocycles. The van der Waals surface area contributed by atoms with Gasteiger partial charge in [-0.25, -0.2) is 4.98 Å². The SMILES string of the molecule is CCCCOCCCN=C(NCC)NCCc1nc(CC)c(C)s1.I. The lowest BCUT2D eigenvalue weighted by atomic mass is 10.3. The molecule has 0 radical (unpaired) electrons. The molecule has 0 bridgehead atoms. The van der Waals surface area contributed by atoms with Crippen LogP contribution in [0.15, 0.2) is 4.99 Å². The molecule has 0 aliphatic rings. The number of guanidine groups is 1. The summed E-state index contributed by atoms with van der Waals surface area (Å²) in [5, 5.41) is 7.89. The van der Waals surface area contributed by atoms with Gasteiger partial charge in [0.2, 0.25) is 0 Å². The van der Waals surface area contributed by atoms with Gasteiger partial charge in [0.1, 0.15) is 0 Å². The summed E-state index contributed by atoms with van der Waals surface area (Å²) in [5.41, 5.74) is 1.23. The highest BCUT2D eigenvalue weighted by atomic mass is 127. The van der Waals surface area contributed by atoms with E-state index in [1.165, 1.54) is 22.0 Å². The molecule has 25 heavy (non-hydrogen) atoms. The molecule has 1 heterocycles. The molecule has 5 nitrogen and oxygen atoms in total. The number of halogens is 1. The predicted octanol–water partition coefficient (Wildman–Crippen LogP) is 3.94. The van der Waals surface area contributed by atoms with Crippen molar-refractivity contribution in [3.05, 3.63) is 15.6 Å². The zero-order valence-corrected chi connectivity index (χ0v) is 19.3. The Morgan fingerprint density at radius 2 is 1.92 bits per heavy atom. The number of aromatic nitrogens is 1. The molecule has 0 fully saturated rings. The fourth-order valence-electron chi connectivity index (χ4n) is 2.26. The minimum Gasteiger partial charge on any atom is -0.381 e. The number of aliphatic imine (C=N–C) groups is 1. The molecule has 0 aliphatic carbocycles. The molecular weight excluding hydrogens is 447 g/mol. The van der Waals surface area contributed by atoms with Crippen LogP contribution in [0, 0.1) is 6.92 Å². The maximum Gasteiger partial charge on any atom is 0.191 e. The summed E-state index contributed by atoms with van der Waals surface area (Å²) >= 11 is 1.81. The Hall–Kier alpha value is -0.410. The number of unbranched alkanes of at least 4 members (excludes halogenated alkanes) is 1. The second kappa shape index (κ2) is 15.8. The van der Waals surface area contributed by atoms with Crippen molar-refractivity contribution in [3.8, 4) is 0 Å². The lowest BCUT2D eigenvalue weighted by Crippen LogP contribution is -2.38. The van der Waals surface area contributed by atoms with E-state index >= 15 is 0 Å². The van der Waals surface area contributed by atoms with Crippen LogP contribution in [-0.2, 0) is 17.6 Å². The van der Waals surface area contributed by atoms with Crippen LogP contribution >= 0.6 is 35.3 Å². The van der Waals surface area contributed by atoms with Crippen LogP contribution in [-0.4, -0.2) is 43.8 Å². The Bertz CT molecular complexity index is 480. The fourth-order valence-corrected chi connectivity index (χ4v) is 3.28. The van der Waals surface area contributed by atoms with Gasteiger partial charge in [0.15, 0.2) is 5.96 Å². The molecule has 0 atom stereocenters. The zero-order chi connectivity index (χ0) is 17.6. The fraction of sp³-hybridized carbons (Fsp3) is 0.778. The number of aryl methyl sites for hydroxylation is 2. The van der Waals surface area contributed by atoms with E-state index in [1.807, 2.05) is 0 Å². The molecule has 1 aromatic rings. The number of hydrogen-bond acceptors (Lipinski definition) is 4. The number of hydrogen-bond donors (Lipinski definition) is 2. The Kier molecular flexibility index (Phi) is 15.6. The summed E-state index contributed by atoms with van der Waals surface area (Å²) in [4.78, 5) is 10.6. The molecule has 0 amide bonds. The number of nitrogens with one attached hydrogen (secondary N) is 2. The Balaban J connectivity index is 0.00000576. The summed E-state index contributed by atoms with van der Waals surface area (Å²) in [7, 11) is 0. The number of ether oxygens (including phenoxy) is 1. The highest BCUT2D eigenvalue weighted by Gasteiger charge is 2.06. The first-order chi connectivity index (χ1) is 11.7. The molecule has 7 heteroatoms. The van der Waals surface area contributed by atoms with Crippen molar-refractivity contribution in [2.24, 2.45) is 4.99 Å². The molecule has 2 N–H and O–H groups in total. The van der Waals surface area contributed by atoms with Crippen LogP contribution in [0.3, 0.4) is 0 Å². The third-order valence-corrected chi connectivity index (χ3v) is 4.68. The summed E-state index contributed by atoms with van der Waals surface area (Å²) in [6.45, 7) is 12.8. The minimum atomic E-state index is 0. The number of thiazole rings is 1. The number of nitrogens with zero attached hydrogens (tertiary/aromatic N) is 2. The third kappa shape index (κ3) is 11.0. The van der Waals surface area contributed by atoms with Crippen LogP contribution in [0.4, 0.5) is 0 Å². The van der Waals surface area contributed by atoms with E-state index < -0.39 is 0 Å². The second-order valence-corrected chi connectivity index (χ2v) is 7.01. The molecule has 0 saturated heterocycles. The largest absolute Gasteiger partial charge is 0.381 e. The van der Waals surface area contributed by atoms with Crippen molar-refractivity contribution in [1.82, 2.24) is 15.6 Å². The van der Waals surface area contributed by atoms with Crippen molar-refractivity contribution in [2.75, 3.05) is 32.8 Å². The standard InChI is InChI=1S/C18H34N4OS.HI/c1-5-8-13-23-14-9-11-20-18(19-7-3)21-12-10-17-22-16(6-2)15(4)24-17;/h5-14H2,1-4H3,(H2,19,20,21);1H. The van der Waals surface area contributed by atoms with E-state index in [4.69, 9.17) is 4.74 Å². The van der Waals surface area contributed by atoms with Crippen molar-refractivity contribution in [2.45, 2.75) is 59.8 Å². The van der Waals surface area contributed by atoms with Crippen LogP contribution in [0.5, 0.6) is 0 Å². The summed E-state index contributed by atoms with van der Waals surface area (Å²) < 4.78 is 5.56. The molecule has 0 aromatic carbocycles. The van der Waals surface area contributed by atoms with Crippen LogP contribution in [0.1, 0.15) is 55.6 Å². The van der Waals surface area contributed by atoms with Gasteiger partial charge in [-0.05, 0) is 33.1 Å². The van der Waals surface area contributed by atoms with E-state index in [-0.39, 0.29) is 24.0 Å². The van der Waals surface area contributed by atoms with Crippen molar-refractivity contribution < 1.29 is 4.74 Å². The lowest BCUT2D eigenvalue weighted by molar-refractivity contribution is 0.130. The maximum atomic E-state index is 5.56. The van der Waals surface area contributed by atoms with E-state index in [0.717, 1.165) is 64.5 Å². The summed E-state index contributed by atoms with van der Waals surface area (Å²) in [6.07, 6.45) is 5.25. The quantitative estimate of drug-likeness (QED) is 0.205. The van der Waals surface area contributed by atoms with Crippen molar-refractivity contribution in [1.29, 1.82) is 0 Å². The topological polar surface area (TPSA) is 58.5 Å². The molecule has 0 aliphatic heterocycles. The van der Waals surface area contributed by atoms with Crippen LogP contribution in [0.2, 0.25) is 0 Å². The normalized spacial score (nSPS) is 11.3. The van der Waals surface area contributed by atoms with E-state index in [1.54, 1.807) is 11.3 Å². The molecule has 0 saturated carbocycles. The predicted molar refractivity (Wildman–Crippen MR) is 120 cm³/mol. The Labute approximate surface area is 174 Å². The monoisotopic (exact) mass is 482 g/mol. The first-order valence-corrected chi connectivity index (χ1v) is 10.1. The lowest BCUT2D eigenvalue weighted by Gasteiger charge is -2.10. The highest BCUT2D eigenvalue weighted by Crippen LogP contribution is 2.17. The van der Waals surface area contributed by atoms with Crippen molar-refractivity contribution in [3.63, 3.8) is 0 Å². The highest BCUT2D eigenvalue weighted by molar-refractivity contribution is 14.0. The first kappa shape index (κ1) is 24.6. The third-order valence-electron chi connectivity index (χ3n) is 3.61. The van der Waals surface area contributed by atoms with E-state index in [0.29, 0.717) is 0 Å². The summed E-state index contributed by atoms with van der Waals surface area (Å²) in [6, 6.07) is 0. The summed E-state index contributed by atoms with van der Waals surface area (Å²) in [5.74, 6) is 0.884. The average Bonchev–Trinajstić information content (AvgIpc) is 2.93. The molecule has 1 rings (SSSR count). The Morgan fingerprint density at radius 1 is 1.16 bits per heavy atom. The van der Waals surface area contributed by atoms with Crippen LogP contribution < -0.4 is 10.6 Å². The Morgan fingerprint density at radius 3 is 2.56 bits per heavy atom. The number of rotatable bonds is 12. The van der Waals surface area contributed by atoms with E-state index in [2.05, 4.69) is 48.3 Å². The van der Waals surface area contributed by atoms with Gasteiger partial charge in [-0.2, -0.15) is 0 Å². The second-order valence-electron chi connectivity index (χ2n) is 5.72. The molecular formula is C18H35IN4OS. The van der Waals surface area contributed by atoms with Crippen LogP contribution in [0.25, 0.3) is 0 Å². The first-order valence-electron chi connectivity index (χ1n) is 9.26. The van der Waals surface area contributed by atoms with Crippen molar-refractivity contribution >= 4 is 41.3 Å². The minimum absolute atomic E-state index is 0. The van der Waals surface area contributed by atoms with Gasteiger partial charge in [-0.3, -0.25) is 4.99 Å². The van der Waals surface area contributed by atoms with Gasteiger partial charge in [-0.15, -0.1) is 35.3 Å². The molecule has 0 unspecified atom stereocenters. The van der Waals surface area contributed by atoms with E-state index in [9.17, 15) is 0 Å². The molecule has 0 spiro atoms. The van der Waals surface area contributed by atoms with Gasteiger partial charge in [0, 0.05) is 44.1 Å². The average molecular weight is 482 g/mol. The van der Waals surface area contributed by atoms with Gasteiger partial charge in [-0.1, -0.05) is 20.3 Å². The van der Waals surface area contributed by atoms with Gasteiger partial charge < -0.3 is 15.4 Å². The molecule has 146 valence electrons. The van der Waals surface area contributed by atoms with Gasteiger partial charge >= 0.3 is 0 Å². The van der Waals surface area contributed by atoms with Gasteiger partial charge in [0.25, 0.3) is 0 Å².